The second kappa shape index (κ2) is 6.02. The van der Waals surface area contributed by atoms with Gasteiger partial charge in [0.05, 0.1) is 6.54 Å². The Morgan fingerprint density at radius 2 is 2.00 bits per heavy atom. The molecule has 1 rings (SSSR count). The van der Waals surface area contributed by atoms with E-state index in [1.54, 1.807) is 27.1 Å². The zero-order chi connectivity index (χ0) is 15.5. The third-order valence-electron chi connectivity index (χ3n) is 3.00. The van der Waals surface area contributed by atoms with E-state index in [1.807, 2.05) is 18.4 Å². The van der Waals surface area contributed by atoms with Gasteiger partial charge in [-0.15, -0.1) is 10.2 Å². The van der Waals surface area contributed by atoms with Crippen LogP contribution in [0, 0.1) is 11.3 Å². The summed E-state index contributed by atoms with van der Waals surface area (Å²) in [6.07, 6.45) is 1.59. The van der Waals surface area contributed by atoms with E-state index in [2.05, 4.69) is 15.5 Å². The zero-order valence-electron chi connectivity index (χ0n) is 12.5. The van der Waals surface area contributed by atoms with Crippen LogP contribution < -0.4 is 5.32 Å². The highest BCUT2D eigenvalue weighted by Gasteiger charge is 2.37. The maximum Gasteiger partial charge on any atom is 0.316 e. The molecule has 20 heavy (non-hydrogen) atoms. The lowest BCUT2D eigenvalue weighted by atomic mass is 9.80. The lowest BCUT2D eigenvalue weighted by molar-refractivity contribution is -0.151. The molecular weight excluding hydrogens is 260 g/mol. The van der Waals surface area contributed by atoms with Crippen LogP contribution in [0.5, 0.6) is 0 Å². The van der Waals surface area contributed by atoms with Crippen LogP contribution in [0.15, 0.2) is 6.33 Å². The van der Waals surface area contributed by atoms with Gasteiger partial charge >= 0.3 is 5.97 Å². The number of amides is 1. The molecule has 0 fully saturated rings. The molecule has 0 bridgehead atoms. The average Bonchev–Trinajstić information content (AvgIpc) is 2.71. The highest BCUT2D eigenvalue weighted by molar-refractivity contribution is 5.97. The van der Waals surface area contributed by atoms with E-state index in [9.17, 15) is 14.7 Å². The molecule has 0 aliphatic heterocycles. The number of rotatable bonds is 5. The Morgan fingerprint density at radius 1 is 1.40 bits per heavy atom. The Labute approximate surface area is 118 Å². The fourth-order valence-electron chi connectivity index (χ4n) is 1.97. The minimum Gasteiger partial charge on any atom is -0.481 e. The highest BCUT2D eigenvalue weighted by atomic mass is 16.4. The number of aromatic nitrogens is 3. The van der Waals surface area contributed by atoms with E-state index in [0.29, 0.717) is 5.82 Å². The van der Waals surface area contributed by atoms with Gasteiger partial charge in [0.25, 0.3) is 0 Å². The molecule has 1 aromatic rings. The van der Waals surface area contributed by atoms with Crippen LogP contribution in [0.3, 0.4) is 0 Å². The predicted octanol–water partition coefficient (Wildman–Crippen LogP) is 1.22. The van der Waals surface area contributed by atoms with Gasteiger partial charge in [-0.3, -0.25) is 9.59 Å². The normalized spacial score (nSPS) is 13.3. The Balaban J connectivity index is 2.76. The molecule has 2 N–H and O–H groups in total. The van der Waals surface area contributed by atoms with Crippen LogP contribution in [0.2, 0.25) is 0 Å². The summed E-state index contributed by atoms with van der Waals surface area (Å²) in [6, 6.07) is 0.176. The van der Waals surface area contributed by atoms with Gasteiger partial charge in [0.15, 0.2) is 5.82 Å². The Morgan fingerprint density at radius 3 is 2.45 bits per heavy atom. The molecule has 0 radical (unpaired) electrons. The van der Waals surface area contributed by atoms with E-state index < -0.39 is 23.2 Å². The van der Waals surface area contributed by atoms with Crippen LogP contribution in [0.4, 0.5) is 0 Å². The number of nitrogens with one attached hydrogen (secondary N) is 1. The standard InChI is InChI=1S/C13H22N4O3/c1-8(2)17-7-15-16-9(17)6-14-11(18)10(12(19)20)13(3,4)5/h7-8,10H,6H2,1-5H3,(H,14,18)(H,19,20). The summed E-state index contributed by atoms with van der Waals surface area (Å²) < 4.78 is 1.83. The van der Waals surface area contributed by atoms with Gasteiger partial charge < -0.3 is 15.0 Å². The summed E-state index contributed by atoms with van der Waals surface area (Å²) >= 11 is 0. The van der Waals surface area contributed by atoms with Crippen molar-refractivity contribution in [2.45, 2.75) is 47.2 Å². The van der Waals surface area contributed by atoms with Gasteiger partial charge in [0, 0.05) is 6.04 Å². The topological polar surface area (TPSA) is 97.1 Å². The molecule has 1 unspecified atom stereocenters. The maximum atomic E-state index is 12.1. The molecular formula is C13H22N4O3. The number of carbonyl (C=O) groups is 2. The van der Waals surface area contributed by atoms with Crippen molar-refractivity contribution in [2.24, 2.45) is 11.3 Å². The van der Waals surface area contributed by atoms with Crippen LogP contribution in [0.25, 0.3) is 0 Å². The van der Waals surface area contributed by atoms with Crippen molar-refractivity contribution < 1.29 is 14.7 Å². The molecule has 112 valence electrons. The summed E-state index contributed by atoms with van der Waals surface area (Å²) in [4.78, 5) is 23.3. The molecule has 1 amide bonds. The van der Waals surface area contributed by atoms with Crippen LogP contribution in [-0.2, 0) is 16.1 Å². The van der Waals surface area contributed by atoms with E-state index in [1.165, 1.54) is 0 Å². The number of carboxylic acid groups (broad SMARTS) is 1. The monoisotopic (exact) mass is 282 g/mol. The Bertz CT molecular complexity index is 488. The molecule has 1 aromatic heterocycles. The smallest absolute Gasteiger partial charge is 0.316 e. The molecule has 0 saturated heterocycles. The van der Waals surface area contributed by atoms with Gasteiger partial charge in [0.2, 0.25) is 5.91 Å². The van der Waals surface area contributed by atoms with Gasteiger partial charge in [-0.25, -0.2) is 0 Å². The van der Waals surface area contributed by atoms with Crippen molar-refractivity contribution in [2.75, 3.05) is 0 Å². The first-order valence-corrected chi connectivity index (χ1v) is 6.53. The van der Waals surface area contributed by atoms with Crippen molar-refractivity contribution in [3.05, 3.63) is 12.2 Å². The molecule has 0 aromatic carbocycles. The van der Waals surface area contributed by atoms with Crippen molar-refractivity contribution in [3.63, 3.8) is 0 Å². The zero-order valence-corrected chi connectivity index (χ0v) is 12.5. The van der Waals surface area contributed by atoms with Gasteiger partial charge in [-0.1, -0.05) is 20.8 Å². The third kappa shape index (κ3) is 3.79. The van der Waals surface area contributed by atoms with Crippen LogP contribution >= 0.6 is 0 Å². The Kier molecular flexibility index (Phi) is 4.86. The SMILES string of the molecule is CC(C)n1cnnc1CNC(=O)C(C(=O)O)C(C)(C)C. The van der Waals surface area contributed by atoms with Crippen molar-refractivity contribution >= 4 is 11.9 Å². The van der Waals surface area contributed by atoms with Gasteiger partial charge in [-0.2, -0.15) is 0 Å². The third-order valence-corrected chi connectivity index (χ3v) is 3.00. The first-order valence-electron chi connectivity index (χ1n) is 6.53. The minimum absolute atomic E-state index is 0.164. The van der Waals surface area contributed by atoms with Gasteiger partial charge in [0.1, 0.15) is 12.2 Å². The molecule has 1 heterocycles. The molecule has 0 aliphatic rings. The average molecular weight is 282 g/mol. The van der Waals surface area contributed by atoms with E-state index in [0.717, 1.165) is 0 Å². The lowest BCUT2D eigenvalue weighted by Gasteiger charge is -2.25. The number of aliphatic carboxylic acids is 1. The van der Waals surface area contributed by atoms with Crippen molar-refractivity contribution in [3.8, 4) is 0 Å². The van der Waals surface area contributed by atoms with Crippen LogP contribution in [0.1, 0.15) is 46.5 Å². The fourth-order valence-corrected chi connectivity index (χ4v) is 1.97. The van der Waals surface area contributed by atoms with Crippen LogP contribution in [-0.4, -0.2) is 31.7 Å². The molecule has 7 nitrogen and oxygen atoms in total. The molecule has 0 aliphatic carbocycles. The molecule has 0 spiro atoms. The second-order valence-corrected chi connectivity index (χ2v) is 6.10. The number of hydrogen-bond acceptors (Lipinski definition) is 4. The van der Waals surface area contributed by atoms with E-state index >= 15 is 0 Å². The molecule has 7 heteroatoms. The fraction of sp³-hybridized carbons (Fsp3) is 0.692. The first kappa shape index (κ1) is 16.1. The van der Waals surface area contributed by atoms with E-state index in [4.69, 9.17) is 0 Å². The lowest BCUT2D eigenvalue weighted by Crippen LogP contribution is -2.42. The summed E-state index contributed by atoms with van der Waals surface area (Å²) in [6.45, 7) is 9.29. The maximum absolute atomic E-state index is 12.1. The Hall–Kier alpha value is -1.92. The highest BCUT2D eigenvalue weighted by Crippen LogP contribution is 2.26. The number of nitrogens with zero attached hydrogens (tertiary/aromatic N) is 3. The summed E-state index contributed by atoms with van der Waals surface area (Å²) in [5, 5.41) is 19.5. The minimum atomic E-state index is -1.12. The summed E-state index contributed by atoms with van der Waals surface area (Å²) in [7, 11) is 0. The second-order valence-electron chi connectivity index (χ2n) is 6.10. The quantitative estimate of drug-likeness (QED) is 0.791. The molecule has 0 saturated carbocycles. The number of hydrogen-bond donors (Lipinski definition) is 2. The number of carbonyl (C=O) groups excluding carboxylic acids is 1. The number of carboxylic acids is 1. The summed E-state index contributed by atoms with van der Waals surface area (Å²) in [5.74, 6) is -2.13. The first-order chi connectivity index (χ1) is 9.14. The van der Waals surface area contributed by atoms with Crippen molar-refractivity contribution in [1.82, 2.24) is 20.1 Å². The summed E-state index contributed by atoms with van der Waals surface area (Å²) in [5.41, 5.74) is -0.651. The van der Waals surface area contributed by atoms with E-state index in [-0.39, 0.29) is 12.6 Å². The van der Waals surface area contributed by atoms with Gasteiger partial charge in [-0.05, 0) is 19.3 Å². The molecule has 1 atom stereocenters. The largest absolute Gasteiger partial charge is 0.481 e. The predicted molar refractivity (Wildman–Crippen MR) is 72.8 cm³/mol. The van der Waals surface area contributed by atoms with Crippen molar-refractivity contribution in [1.29, 1.82) is 0 Å².